The van der Waals surface area contributed by atoms with Crippen molar-refractivity contribution in [1.82, 2.24) is 10.3 Å². The summed E-state index contributed by atoms with van der Waals surface area (Å²) in [7, 11) is 0. The number of amides is 1. The fraction of sp³-hybridized carbons (Fsp3) is 0.294. The molecule has 1 amide bonds. The van der Waals surface area contributed by atoms with Crippen LogP contribution in [0.15, 0.2) is 48.8 Å². The molecule has 2 aromatic rings. The van der Waals surface area contributed by atoms with Gasteiger partial charge >= 0.3 is 0 Å². The standard InChI is InChI=1S/C17H21N3O/c1-2-10-19-16-6-4-3-5-15(16)17(21)20-13-9-14-7-11-18-12-8-14/h3-8,11-12,19H,2,9-10,13H2,1H3,(H,20,21). The van der Waals surface area contributed by atoms with E-state index in [4.69, 9.17) is 0 Å². The molecule has 0 atom stereocenters. The molecule has 21 heavy (non-hydrogen) atoms. The zero-order valence-corrected chi connectivity index (χ0v) is 12.3. The molecule has 0 aliphatic rings. The fourth-order valence-corrected chi connectivity index (χ4v) is 2.06. The van der Waals surface area contributed by atoms with Gasteiger partial charge in [-0.3, -0.25) is 9.78 Å². The Balaban J connectivity index is 1.91. The van der Waals surface area contributed by atoms with Crippen LogP contribution in [0.5, 0.6) is 0 Å². The van der Waals surface area contributed by atoms with Crippen LogP contribution in [0.1, 0.15) is 29.3 Å². The van der Waals surface area contributed by atoms with Gasteiger partial charge in [-0.2, -0.15) is 0 Å². The topological polar surface area (TPSA) is 54.0 Å². The first kappa shape index (κ1) is 15.0. The third-order valence-electron chi connectivity index (χ3n) is 3.19. The highest BCUT2D eigenvalue weighted by atomic mass is 16.1. The number of carbonyl (C=O) groups is 1. The predicted octanol–water partition coefficient (Wildman–Crippen LogP) is 2.88. The highest BCUT2D eigenvalue weighted by Crippen LogP contribution is 2.14. The van der Waals surface area contributed by atoms with Gasteiger partial charge in [-0.05, 0) is 42.7 Å². The molecule has 2 N–H and O–H groups in total. The molecule has 1 aromatic heterocycles. The lowest BCUT2D eigenvalue weighted by atomic mass is 10.1. The van der Waals surface area contributed by atoms with Gasteiger partial charge in [-0.25, -0.2) is 0 Å². The number of aromatic nitrogens is 1. The van der Waals surface area contributed by atoms with Crippen molar-refractivity contribution in [3.8, 4) is 0 Å². The van der Waals surface area contributed by atoms with Gasteiger partial charge in [0.2, 0.25) is 0 Å². The van der Waals surface area contributed by atoms with E-state index >= 15 is 0 Å². The van der Waals surface area contributed by atoms with E-state index in [1.165, 1.54) is 5.56 Å². The van der Waals surface area contributed by atoms with Crippen molar-refractivity contribution in [1.29, 1.82) is 0 Å². The maximum Gasteiger partial charge on any atom is 0.253 e. The van der Waals surface area contributed by atoms with Crippen LogP contribution in [-0.2, 0) is 6.42 Å². The normalized spacial score (nSPS) is 10.1. The minimum absolute atomic E-state index is 0.0386. The van der Waals surface area contributed by atoms with Gasteiger partial charge in [0.25, 0.3) is 5.91 Å². The number of nitrogens with one attached hydrogen (secondary N) is 2. The summed E-state index contributed by atoms with van der Waals surface area (Å²) in [6.07, 6.45) is 5.36. The van der Waals surface area contributed by atoms with E-state index in [2.05, 4.69) is 22.5 Å². The fourth-order valence-electron chi connectivity index (χ4n) is 2.06. The Labute approximate surface area is 125 Å². The Kier molecular flexibility index (Phi) is 5.76. The van der Waals surface area contributed by atoms with E-state index in [-0.39, 0.29) is 5.91 Å². The van der Waals surface area contributed by atoms with Gasteiger partial charge in [0.05, 0.1) is 5.56 Å². The molecule has 110 valence electrons. The molecule has 0 fully saturated rings. The van der Waals surface area contributed by atoms with Crippen LogP contribution in [-0.4, -0.2) is 24.0 Å². The molecular weight excluding hydrogens is 262 g/mol. The molecule has 0 aliphatic carbocycles. The summed E-state index contributed by atoms with van der Waals surface area (Å²) >= 11 is 0. The number of anilines is 1. The highest BCUT2D eigenvalue weighted by Gasteiger charge is 2.09. The zero-order valence-electron chi connectivity index (χ0n) is 12.3. The lowest BCUT2D eigenvalue weighted by Crippen LogP contribution is -2.26. The van der Waals surface area contributed by atoms with Gasteiger partial charge in [0, 0.05) is 31.2 Å². The number of benzene rings is 1. The number of carbonyl (C=O) groups excluding carboxylic acids is 1. The molecule has 2 rings (SSSR count). The maximum atomic E-state index is 12.3. The van der Waals surface area contributed by atoms with Crippen LogP contribution in [0.3, 0.4) is 0 Å². The number of para-hydroxylation sites is 1. The zero-order chi connectivity index (χ0) is 14.9. The second-order valence-electron chi connectivity index (χ2n) is 4.83. The lowest BCUT2D eigenvalue weighted by Gasteiger charge is -2.11. The van der Waals surface area contributed by atoms with Gasteiger partial charge < -0.3 is 10.6 Å². The Morgan fingerprint density at radius 1 is 1.10 bits per heavy atom. The van der Waals surface area contributed by atoms with Crippen molar-refractivity contribution < 1.29 is 4.79 Å². The average molecular weight is 283 g/mol. The first-order valence-electron chi connectivity index (χ1n) is 7.31. The molecule has 0 unspecified atom stereocenters. The molecule has 1 heterocycles. The van der Waals surface area contributed by atoms with Gasteiger partial charge in [-0.1, -0.05) is 19.1 Å². The first-order chi connectivity index (χ1) is 10.3. The molecular formula is C17H21N3O. The van der Waals surface area contributed by atoms with Crippen molar-refractivity contribution in [3.63, 3.8) is 0 Å². The largest absolute Gasteiger partial charge is 0.384 e. The second kappa shape index (κ2) is 8.04. The number of pyridine rings is 1. The monoisotopic (exact) mass is 283 g/mol. The molecule has 0 aliphatic heterocycles. The maximum absolute atomic E-state index is 12.3. The quantitative estimate of drug-likeness (QED) is 0.821. The molecule has 1 aromatic carbocycles. The van der Waals surface area contributed by atoms with Crippen LogP contribution < -0.4 is 10.6 Å². The van der Waals surface area contributed by atoms with Crippen molar-refractivity contribution in [2.75, 3.05) is 18.4 Å². The second-order valence-corrected chi connectivity index (χ2v) is 4.83. The Hall–Kier alpha value is -2.36. The summed E-state index contributed by atoms with van der Waals surface area (Å²) in [5.74, 6) is -0.0386. The number of hydrogen-bond donors (Lipinski definition) is 2. The minimum atomic E-state index is -0.0386. The van der Waals surface area contributed by atoms with E-state index in [9.17, 15) is 4.79 Å². The van der Waals surface area contributed by atoms with Gasteiger partial charge in [0.1, 0.15) is 0 Å². The molecule has 4 nitrogen and oxygen atoms in total. The Morgan fingerprint density at radius 2 is 1.86 bits per heavy atom. The summed E-state index contributed by atoms with van der Waals surface area (Å²) in [6.45, 7) is 3.58. The van der Waals surface area contributed by atoms with Crippen molar-refractivity contribution in [2.24, 2.45) is 0 Å². The lowest BCUT2D eigenvalue weighted by molar-refractivity contribution is 0.0955. The van der Waals surface area contributed by atoms with E-state index in [0.717, 1.165) is 25.1 Å². The summed E-state index contributed by atoms with van der Waals surface area (Å²) in [4.78, 5) is 16.2. The third kappa shape index (κ3) is 4.60. The van der Waals surface area contributed by atoms with E-state index in [0.29, 0.717) is 12.1 Å². The summed E-state index contributed by atoms with van der Waals surface area (Å²) in [5, 5.41) is 6.25. The van der Waals surface area contributed by atoms with E-state index < -0.39 is 0 Å². The third-order valence-corrected chi connectivity index (χ3v) is 3.19. The SMILES string of the molecule is CCCNc1ccccc1C(=O)NCCc1ccncc1. The summed E-state index contributed by atoms with van der Waals surface area (Å²) in [6, 6.07) is 11.5. The van der Waals surface area contributed by atoms with E-state index in [1.807, 2.05) is 36.4 Å². The first-order valence-corrected chi connectivity index (χ1v) is 7.31. The molecule has 4 heteroatoms. The number of nitrogens with zero attached hydrogens (tertiary/aromatic N) is 1. The van der Waals surface area contributed by atoms with Crippen molar-refractivity contribution >= 4 is 11.6 Å². The van der Waals surface area contributed by atoms with Crippen molar-refractivity contribution in [3.05, 3.63) is 59.9 Å². The Morgan fingerprint density at radius 3 is 2.62 bits per heavy atom. The summed E-state index contributed by atoms with van der Waals surface area (Å²) < 4.78 is 0. The van der Waals surface area contributed by atoms with Gasteiger partial charge in [-0.15, -0.1) is 0 Å². The van der Waals surface area contributed by atoms with Crippen molar-refractivity contribution in [2.45, 2.75) is 19.8 Å². The number of rotatable bonds is 7. The Bertz CT molecular complexity index is 569. The van der Waals surface area contributed by atoms with Crippen LogP contribution >= 0.6 is 0 Å². The molecule has 0 radical (unpaired) electrons. The smallest absolute Gasteiger partial charge is 0.253 e. The summed E-state index contributed by atoms with van der Waals surface area (Å²) in [5.41, 5.74) is 2.75. The predicted molar refractivity (Wildman–Crippen MR) is 85.5 cm³/mol. The molecule has 0 saturated carbocycles. The average Bonchev–Trinajstić information content (AvgIpc) is 2.54. The molecule has 0 bridgehead atoms. The van der Waals surface area contributed by atoms with Crippen LogP contribution in [0.4, 0.5) is 5.69 Å². The number of hydrogen-bond acceptors (Lipinski definition) is 3. The molecule has 0 spiro atoms. The van der Waals surface area contributed by atoms with E-state index in [1.54, 1.807) is 12.4 Å². The van der Waals surface area contributed by atoms with Crippen LogP contribution in [0.2, 0.25) is 0 Å². The highest BCUT2D eigenvalue weighted by molar-refractivity contribution is 5.99. The van der Waals surface area contributed by atoms with Crippen LogP contribution in [0.25, 0.3) is 0 Å². The molecule has 0 saturated heterocycles. The minimum Gasteiger partial charge on any atom is -0.384 e. The van der Waals surface area contributed by atoms with Gasteiger partial charge in [0.15, 0.2) is 0 Å². The van der Waals surface area contributed by atoms with Crippen LogP contribution in [0, 0.1) is 0 Å².